The fourth-order valence-electron chi connectivity index (χ4n) is 0.510. The van der Waals surface area contributed by atoms with Crippen LogP contribution < -0.4 is 0 Å². The number of rotatable bonds is 3. The van der Waals surface area contributed by atoms with Crippen LogP contribution in [0.2, 0.25) is 0 Å². The Bertz CT molecular complexity index is 237. The van der Waals surface area contributed by atoms with Gasteiger partial charge < -0.3 is 9.84 Å². The first kappa shape index (κ1) is 10.4. The summed E-state index contributed by atoms with van der Waals surface area (Å²) in [5.41, 5.74) is 0.480. The van der Waals surface area contributed by atoms with Crippen molar-refractivity contribution in [3.8, 4) is 0 Å². The van der Waals surface area contributed by atoms with Gasteiger partial charge in [-0.3, -0.25) is 0 Å². The van der Waals surface area contributed by atoms with Crippen LogP contribution in [0.3, 0.4) is 0 Å². The molecule has 0 bridgehead atoms. The highest BCUT2D eigenvalue weighted by molar-refractivity contribution is 5.84. The number of methoxy groups -OCH3 is 1. The summed E-state index contributed by atoms with van der Waals surface area (Å²) in [7, 11) is 1.25. The number of hydrogen-bond donors (Lipinski definition) is 1. The molecule has 0 saturated heterocycles. The SMILES string of the molecule is COC(=O)/C=C/C(C)=C\C(=O)O. The van der Waals surface area contributed by atoms with Crippen molar-refractivity contribution in [1.29, 1.82) is 0 Å². The highest BCUT2D eigenvalue weighted by Crippen LogP contribution is 1.94. The second-order valence-corrected chi connectivity index (χ2v) is 2.08. The Kier molecular flexibility index (Phi) is 4.45. The van der Waals surface area contributed by atoms with Crippen molar-refractivity contribution in [3.05, 3.63) is 23.8 Å². The Labute approximate surface area is 70.1 Å². The van der Waals surface area contributed by atoms with E-state index in [9.17, 15) is 9.59 Å². The van der Waals surface area contributed by atoms with Gasteiger partial charge in [0.1, 0.15) is 0 Å². The maximum Gasteiger partial charge on any atom is 0.330 e. The van der Waals surface area contributed by atoms with Gasteiger partial charge in [0.2, 0.25) is 0 Å². The van der Waals surface area contributed by atoms with E-state index in [0.29, 0.717) is 5.57 Å². The number of carbonyl (C=O) groups is 2. The van der Waals surface area contributed by atoms with Crippen LogP contribution in [0.15, 0.2) is 23.8 Å². The smallest absolute Gasteiger partial charge is 0.330 e. The van der Waals surface area contributed by atoms with Crippen molar-refractivity contribution in [3.63, 3.8) is 0 Å². The first-order chi connectivity index (χ1) is 5.56. The molecule has 4 heteroatoms. The average Bonchev–Trinajstić information content (AvgIpc) is 1.99. The molecule has 0 aliphatic heterocycles. The summed E-state index contributed by atoms with van der Waals surface area (Å²) in [6.45, 7) is 1.58. The van der Waals surface area contributed by atoms with Gasteiger partial charge in [-0.2, -0.15) is 0 Å². The van der Waals surface area contributed by atoms with Crippen LogP contribution in [-0.2, 0) is 14.3 Å². The first-order valence-corrected chi connectivity index (χ1v) is 3.23. The summed E-state index contributed by atoms with van der Waals surface area (Å²) in [5.74, 6) is -1.55. The standard InChI is InChI=1S/C8H10O4/c1-6(5-7(9)10)3-4-8(11)12-2/h3-5H,1-2H3,(H,9,10)/b4-3+,6-5-. The maximum atomic E-state index is 10.5. The Morgan fingerprint density at radius 2 is 1.92 bits per heavy atom. The topological polar surface area (TPSA) is 63.6 Å². The van der Waals surface area contributed by atoms with Crippen molar-refractivity contribution in [2.75, 3.05) is 7.11 Å². The molecule has 0 spiro atoms. The third kappa shape index (κ3) is 5.22. The molecule has 0 radical (unpaired) electrons. The number of carbonyl (C=O) groups excluding carboxylic acids is 1. The molecule has 0 saturated carbocycles. The summed E-state index contributed by atoms with van der Waals surface area (Å²) < 4.78 is 4.31. The molecule has 0 aromatic rings. The number of hydrogen-bond acceptors (Lipinski definition) is 3. The van der Waals surface area contributed by atoms with Crippen LogP contribution in [0.4, 0.5) is 0 Å². The number of carboxylic acids is 1. The van der Waals surface area contributed by atoms with E-state index >= 15 is 0 Å². The predicted octanol–water partition coefficient (Wildman–Crippen LogP) is 0.746. The molecule has 0 amide bonds. The number of carboxylic acid groups (broad SMARTS) is 1. The molecule has 0 unspecified atom stereocenters. The summed E-state index contributed by atoms with van der Waals surface area (Å²) in [6.07, 6.45) is 3.54. The van der Waals surface area contributed by atoms with E-state index in [4.69, 9.17) is 5.11 Å². The lowest BCUT2D eigenvalue weighted by Crippen LogP contribution is -1.94. The summed E-state index contributed by atoms with van der Waals surface area (Å²) in [4.78, 5) is 20.6. The monoisotopic (exact) mass is 170 g/mol. The fraction of sp³-hybridized carbons (Fsp3) is 0.250. The second-order valence-electron chi connectivity index (χ2n) is 2.08. The van der Waals surface area contributed by atoms with E-state index in [1.54, 1.807) is 6.92 Å². The van der Waals surface area contributed by atoms with Gasteiger partial charge >= 0.3 is 11.9 Å². The van der Waals surface area contributed by atoms with Crippen LogP contribution in [-0.4, -0.2) is 24.2 Å². The van der Waals surface area contributed by atoms with Crippen molar-refractivity contribution in [2.24, 2.45) is 0 Å². The Morgan fingerprint density at radius 1 is 1.33 bits per heavy atom. The third-order valence-corrected chi connectivity index (χ3v) is 1.03. The Hall–Kier alpha value is -1.58. The van der Waals surface area contributed by atoms with Gasteiger partial charge in [-0.25, -0.2) is 9.59 Å². The number of aliphatic carboxylic acids is 1. The van der Waals surface area contributed by atoms with E-state index in [2.05, 4.69) is 4.74 Å². The molecule has 12 heavy (non-hydrogen) atoms. The quantitative estimate of drug-likeness (QED) is 0.385. The Balaban J connectivity index is 4.17. The minimum atomic E-state index is -1.04. The molecule has 0 aliphatic carbocycles. The fourth-order valence-corrected chi connectivity index (χ4v) is 0.510. The molecular formula is C8H10O4. The molecule has 0 aromatic carbocycles. The van der Waals surface area contributed by atoms with Crippen molar-refractivity contribution in [2.45, 2.75) is 6.92 Å². The molecule has 0 rings (SSSR count). The molecule has 0 aliphatic rings. The zero-order chi connectivity index (χ0) is 9.56. The maximum absolute atomic E-state index is 10.5. The van der Waals surface area contributed by atoms with Crippen LogP contribution in [0.1, 0.15) is 6.92 Å². The summed E-state index contributed by atoms with van der Waals surface area (Å²) in [5, 5.41) is 8.28. The van der Waals surface area contributed by atoms with Crippen LogP contribution in [0.5, 0.6) is 0 Å². The van der Waals surface area contributed by atoms with Gasteiger partial charge in [0.05, 0.1) is 7.11 Å². The zero-order valence-electron chi connectivity index (χ0n) is 6.90. The average molecular weight is 170 g/mol. The molecule has 1 N–H and O–H groups in total. The minimum Gasteiger partial charge on any atom is -0.478 e. The van der Waals surface area contributed by atoms with E-state index in [-0.39, 0.29) is 0 Å². The van der Waals surface area contributed by atoms with E-state index in [1.165, 1.54) is 13.2 Å². The van der Waals surface area contributed by atoms with Gasteiger partial charge in [-0.05, 0) is 12.5 Å². The predicted molar refractivity (Wildman–Crippen MR) is 42.5 cm³/mol. The van der Waals surface area contributed by atoms with E-state index < -0.39 is 11.9 Å². The molecule has 0 atom stereocenters. The lowest BCUT2D eigenvalue weighted by atomic mass is 10.2. The van der Waals surface area contributed by atoms with Crippen molar-refractivity contribution in [1.82, 2.24) is 0 Å². The third-order valence-electron chi connectivity index (χ3n) is 1.03. The van der Waals surface area contributed by atoms with Crippen LogP contribution in [0, 0.1) is 0 Å². The number of allylic oxidation sites excluding steroid dienone is 2. The van der Waals surface area contributed by atoms with E-state index in [0.717, 1.165) is 12.2 Å². The lowest BCUT2D eigenvalue weighted by molar-refractivity contribution is -0.135. The van der Waals surface area contributed by atoms with Gasteiger partial charge in [0.25, 0.3) is 0 Å². The van der Waals surface area contributed by atoms with Crippen LogP contribution in [0.25, 0.3) is 0 Å². The molecule has 0 aromatic heterocycles. The molecular weight excluding hydrogens is 160 g/mol. The van der Waals surface area contributed by atoms with E-state index in [1.807, 2.05) is 0 Å². The van der Waals surface area contributed by atoms with Crippen LogP contribution >= 0.6 is 0 Å². The largest absolute Gasteiger partial charge is 0.478 e. The molecule has 0 heterocycles. The van der Waals surface area contributed by atoms with Gasteiger partial charge in [0, 0.05) is 12.2 Å². The normalized spacial score (nSPS) is 11.7. The highest BCUT2D eigenvalue weighted by atomic mass is 16.5. The minimum absolute atomic E-state index is 0.480. The first-order valence-electron chi connectivity index (χ1n) is 3.23. The molecule has 0 fully saturated rings. The van der Waals surface area contributed by atoms with Crippen molar-refractivity contribution < 1.29 is 19.4 Å². The Morgan fingerprint density at radius 3 is 2.33 bits per heavy atom. The van der Waals surface area contributed by atoms with Crippen molar-refractivity contribution >= 4 is 11.9 Å². The van der Waals surface area contributed by atoms with Gasteiger partial charge in [0.15, 0.2) is 0 Å². The van der Waals surface area contributed by atoms with Gasteiger partial charge in [-0.1, -0.05) is 6.08 Å². The number of esters is 1. The molecule has 4 nitrogen and oxygen atoms in total. The second kappa shape index (κ2) is 5.12. The zero-order valence-corrected chi connectivity index (χ0v) is 6.90. The molecule has 66 valence electrons. The summed E-state index contributed by atoms with van der Waals surface area (Å²) >= 11 is 0. The number of ether oxygens (including phenoxy) is 1. The summed E-state index contributed by atoms with van der Waals surface area (Å²) in [6, 6.07) is 0. The lowest BCUT2D eigenvalue weighted by Gasteiger charge is -1.90. The van der Waals surface area contributed by atoms with Gasteiger partial charge in [-0.15, -0.1) is 0 Å². The highest BCUT2D eigenvalue weighted by Gasteiger charge is 1.92.